The van der Waals surface area contributed by atoms with Crippen LogP contribution in [0.5, 0.6) is 11.5 Å². The second kappa shape index (κ2) is 10.1. The Kier molecular flexibility index (Phi) is 6.58. The van der Waals surface area contributed by atoms with Crippen LogP contribution in [-0.2, 0) is 24.6 Å². The smallest absolute Gasteiger partial charge is 0.228 e. The molecule has 1 saturated heterocycles. The summed E-state index contributed by atoms with van der Waals surface area (Å²) >= 11 is 0. The topological polar surface area (TPSA) is 22.3 Å². The summed E-state index contributed by atoms with van der Waals surface area (Å²) in [7, 11) is 2.19. The van der Waals surface area contributed by atoms with Crippen LogP contribution < -0.4 is 9.30 Å². The normalized spacial score (nSPS) is 15.5. The lowest BCUT2D eigenvalue weighted by Crippen LogP contribution is -2.32. The monoisotopic (exact) mass is 558 g/mol. The Bertz CT molecular complexity index is 1870. The predicted octanol–water partition coefficient (Wildman–Crippen LogP) is 9.73. The third-order valence-corrected chi connectivity index (χ3v) is 9.40. The fourth-order valence-electron chi connectivity index (χ4n) is 7.52. The highest BCUT2D eigenvalue weighted by Crippen LogP contribution is 2.52. The van der Waals surface area contributed by atoms with Crippen molar-refractivity contribution in [3.63, 3.8) is 0 Å². The van der Waals surface area contributed by atoms with E-state index in [4.69, 9.17) is 9.47 Å². The second-order valence-corrected chi connectivity index (χ2v) is 14.4. The molecule has 0 amide bonds. The van der Waals surface area contributed by atoms with Crippen LogP contribution in [0.15, 0.2) is 54.7 Å². The lowest BCUT2D eigenvalue weighted by Gasteiger charge is -2.27. The molecular formula is C39H44NO2+. The van der Waals surface area contributed by atoms with Crippen molar-refractivity contribution < 1.29 is 14.0 Å². The Morgan fingerprint density at radius 2 is 1.69 bits per heavy atom. The largest absolute Gasteiger partial charge is 0.455 e. The fourth-order valence-corrected chi connectivity index (χ4v) is 7.52. The van der Waals surface area contributed by atoms with Gasteiger partial charge in [-0.15, -0.1) is 0 Å². The van der Waals surface area contributed by atoms with E-state index in [1.165, 1.54) is 65.8 Å². The molecule has 0 aliphatic carbocycles. The van der Waals surface area contributed by atoms with E-state index in [9.17, 15) is 0 Å². The third-order valence-electron chi connectivity index (χ3n) is 9.40. The first kappa shape index (κ1) is 27.4. The molecule has 0 atom stereocenters. The van der Waals surface area contributed by atoms with Crippen LogP contribution in [0, 0.1) is 18.3 Å². The first-order valence-electron chi connectivity index (χ1n) is 15.8. The molecule has 2 aliphatic heterocycles. The molecule has 0 bridgehead atoms. The first-order chi connectivity index (χ1) is 20.1. The molecule has 4 aromatic carbocycles. The fraction of sp³-hybridized carbons (Fsp3) is 0.410. The van der Waals surface area contributed by atoms with Crippen molar-refractivity contribution in [2.75, 3.05) is 13.2 Å². The molecule has 0 radical (unpaired) electrons. The Hall–Kier alpha value is -3.43. The zero-order valence-electron chi connectivity index (χ0n) is 26.4. The Morgan fingerprint density at radius 3 is 2.43 bits per heavy atom. The van der Waals surface area contributed by atoms with Crippen molar-refractivity contribution in [3.8, 4) is 22.8 Å². The number of fused-ring (bicyclic) bond motifs is 5. The van der Waals surface area contributed by atoms with E-state index in [2.05, 4.69) is 108 Å². The van der Waals surface area contributed by atoms with Crippen LogP contribution in [0.4, 0.5) is 0 Å². The summed E-state index contributed by atoms with van der Waals surface area (Å²) in [6.45, 7) is 15.6. The molecule has 7 rings (SSSR count). The van der Waals surface area contributed by atoms with E-state index in [0.717, 1.165) is 50.4 Å². The predicted molar refractivity (Wildman–Crippen MR) is 175 cm³/mol. The number of hydrogen-bond donors (Lipinski definition) is 0. The van der Waals surface area contributed by atoms with Crippen LogP contribution in [0.25, 0.3) is 43.6 Å². The van der Waals surface area contributed by atoms with Crippen molar-refractivity contribution in [2.24, 2.45) is 18.4 Å². The van der Waals surface area contributed by atoms with E-state index in [0.29, 0.717) is 11.8 Å². The van der Waals surface area contributed by atoms with Gasteiger partial charge in [-0.2, -0.15) is 0 Å². The van der Waals surface area contributed by atoms with E-state index >= 15 is 0 Å². The van der Waals surface area contributed by atoms with E-state index in [1.54, 1.807) is 0 Å². The van der Waals surface area contributed by atoms with Gasteiger partial charge in [0, 0.05) is 30.2 Å². The number of nitrogens with zero attached hydrogens (tertiary/aromatic N) is 1. The molecule has 3 nitrogen and oxygen atoms in total. The number of aryl methyl sites for hydroxylation is 2. The van der Waals surface area contributed by atoms with Crippen molar-refractivity contribution in [3.05, 3.63) is 77.0 Å². The summed E-state index contributed by atoms with van der Waals surface area (Å²) in [6, 6.07) is 18.8. The van der Waals surface area contributed by atoms with Crippen molar-refractivity contribution in [2.45, 2.75) is 73.1 Å². The Labute approximate surface area is 250 Å². The maximum atomic E-state index is 7.06. The van der Waals surface area contributed by atoms with Gasteiger partial charge in [0.05, 0.1) is 10.9 Å². The zero-order valence-corrected chi connectivity index (χ0v) is 26.4. The molecule has 3 heterocycles. The van der Waals surface area contributed by atoms with Gasteiger partial charge >= 0.3 is 0 Å². The van der Waals surface area contributed by atoms with Gasteiger partial charge in [-0.3, -0.25) is 0 Å². The van der Waals surface area contributed by atoms with E-state index < -0.39 is 0 Å². The zero-order chi connectivity index (χ0) is 29.3. The molecule has 3 heteroatoms. The molecule has 1 fully saturated rings. The average molecular weight is 559 g/mol. The summed E-state index contributed by atoms with van der Waals surface area (Å²) in [5, 5.41) is 7.76. The van der Waals surface area contributed by atoms with Crippen LogP contribution in [0.1, 0.15) is 75.6 Å². The molecule has 5 aromatic rings. The van der Waals surface area contributed by atoms with Crippen LogP contribution in [-0.4, -0.2) is 13.2 Å². The summed E-state index contributed by atoms with van der Waals surface area (Å²) in [5.41, 5.74) is 8.25. The molecule has 0 unspecified atom stereocenters. The third kappa shape index (κ3) is 4.57. The van der Waals surface area contributed by atoms with Crippen LogP contribution in [0.2, 0.25) is 0 Å². The highest BCUT2D eigenvalue weighted by Gasteiger charge is 2.34. The van der Waals surface area contributed by atoms with Gasteiger partial charge in [-0.25, -0.2) is 4.57 Å². The van der Waals surface area contributed by atoms with Crippen molar-refractivity contribution in [1.29, 1.82) is 0 Å². The highest BCUT2D eigenvalue weighted by molar-refractivity contribution is 6.16. The number of ether oxygens (including phenoxy) is 2. The van der Waals surface area contributed by atoms with Gasteiger partial charge < -0.3 is 9.47 Å². The maximum Gasteiger partial charge on any atom is 0.228 e. The summed E-state index contributed by atoms with van der Waals surface area (Å²) in [5.74, 6) is 3.11. The molecular weight excluding hydrogens is 514 g/mol. The van der Waals surface area contributed by atoms with Gasteiger partial charge in [0.2, 0.25) is 5.69 Å². The van der Waals surface area contributed by atoms with Gasteiger partial charge in [0.15, 0.2) is 6.20 Å². The number of pyridine rings is 1. The van der Waals surface area contributed by atoms with Crippen molar-refractivity contribution >= 4 is 32.3 Å². The number of benzene rings is 4. The summed E-state index contributed by atoms with van der Waals surface area (Å²) < 4.78 is 15.0. The molecule has 42 heavy (non-hydrogen) atoms. The maximum absolute atomic E-state index is 7.06. The lowest BCUT2D eigenvalue weighted by molar-refractivity contribution is -0.659. The number of rotatable bonds is 4. The standard InChI is InChI=1S/C39H44NO2/c1-23(2)18-33-29-11-8-25(22-39(4,5)6)19-31(29)24(3)35-37-36-30(12-15-40(37)7)32-20-27(26-13-16-41-17-14-26)9-10-28(32)21-34(36)42-38(33)35/h8-12,15,19-21,23,26H,13-14,16-18,22H2,1-7H3/q+1. The molecule has 0 saturated carbocycles. The quantitative estimate of drug-likeness (QED) is 0.159. The molecule has 2 aliphatic rings. The summed E-state index contributed by atoms with van der Waals surface area (Å²) in [6.07, 6.45) is 6.48. The Morgan fingerprint density at radius 1 is 0.905 bits per heavy atom. The SMILES string of the molecule is Cc1c2c(c(CC(C)C)c3ccc(CC(C)(C)C)cc13)Oc1cc3ccc(C4CCOCC4)cc3c3cc[n+](C)c-2c13. The average Bonchev–Trinajstić information content (AvgIpc) is 2.95. The first-order valence-corrected chi connectivity index (χ1v) is 15.8. The number of aromatic nitrogens is 1. The van der Waals surface area contributed by atoms with Crippen LogP contribution in [0.3, 0.4) is 0 Å². The van der Waals surface area contributed by atoms with E-state index in [-0.39, 0.29) is 5.41 Å². The lowest BCUT2D eigenvalue weighted by atomic mass is 9.83. The van der Waals surface area contributed by atoms with Gasteiger partial charge in [0.1, 0.15) is 18.5 Å². The minimum absolute atomic E-state index is 0.237. The molecule has 0 N–H and O–H groups in total. The highest BCUT2D eigenvalue weighted by atomic mass is 16.5. The molecule has 1 aromatic heterocycles. The minimum atomic E-state index is 0.237. The van der Waals surface area contributed by atoms with Gasteiger partial charge in [0.25, 0.3) is 0 Å². The van der Waals surface area contributed by atoms with Crippen molar-refractivity contribution in [1.82, 2.24) is 0 Å². The van der Waals surface area contributed by atoms with Gasteiger partial charge in [-0.05, 0) is 94.2 Å². The van der Waals surface area contributed by atoms with Gasteiger partial charge in [-0.1, -0.05) is 71.0 Å². The number of hydrogen-bond acceptors (Lipinski definition) is 2. The van der Waals surface area contributed by atoms with Crippen LogP contribution >= 0.6 is 0 Å². The minimum Gasteiger partial charge on any atom is -0.455 e. The Balaban J connectivity index is 1.52. The second-order valence-electron chi connectivity index (χ2n) is 14.4. The molecule has 0 spiro atoms. The summed E-state index contributed by atoms with van der Waals surface area (Å²) in [4.78, 5) is 0. The van der Waals surface area contributed by atoms with E-state index in [1.807, 2.05) is 0 Å². The molecule has 216 valence electrons.